The van der Waals surface area contributed by atoms with Crippen LogP contribution in [0.5, 0.6) is 11.5 Å². The Morgan fingerprint density at radius 1 is 0.853 bits per heavy atom. The minimum absolute atomic E-state index is 0.240. The fourth-order valence-electron chi connectivity index (χ4n) is 7.85. The summed E-state index contributed by atoms with van der Waals surface area (Å²) in [7, 11) is 0. The largest absolute Gasteiger partial charge is 0.490 e. The predicted molar refractivity (Wildman–Crippen MR) is 140 cm³/mol. The van der Waals surface area contributed by atoms with E-state index in [1.165, 1.54) is 38.5 Å². The topological polar surface area (TPSA) is 30.5 Å². The van der Waals surface area contributed by atoms with Crippen LogP contribution >= 0.6 is 34.8 Å². The molecule has 0 radical (unpaired) electrons. The van der Waals surface area contributed by atoms with Gasteiger partial charge in [0, 0.05) is 12.1 Å². The van der Waals surface area contributed by atoms with Crippen molar-refractivity contribution in [1.29, 1.82) is 0 Å². The molecule has 2 aromatic rings. The lowest BCUT2D eigenvalue weighted by Gasteiger charge is -2.65. The molecule has 6 heteroatoms. The van der Waals surface area contributed by atoms with Crippen molar-refractivity contribution in [2.24, 2.45) is 16.7 Å². The van der Waals surface area contributed by atoms with Crippen molar-refractivity contribution in [3.63, 3.8) is 0 Å². The molecule has 6 rings (SSSR count). The number of hydrogen-bond acceptors (Lipinski definition) is 3. The van der Waals surface area contributed by atoms with Gasteiger partial charge in [-0.2, -0.15) is 0 Å². The Morgan fingerprint density at radius 2 is 1.56 bits per heavy atom. The molecule has 0 amide bonds. The van der Waals surface area contributed by atoms with Gasteiger partial charge in [0.25, 0.3) is 0 Å². The van der Waals surface area contributed by atoms with Crippen LogP contribution in [0.25, 0.3) is 0 Å². The average molecular weight is 523 g/mol. The molecule has 0 heterocycles. The van der Waals surface area contributed by atoms with E-state index in [2.05, 4.69) is 25.2 Å². The summed E-state index contributed by atoms with van der Waals surface area (Å²) >= 11 is 18.9. The van der Waals surface area contributed by atoms with Crippen molar-refractivity contribution in [2.45, 2.75) is 78.0 Å². The van der Waals surface area contributed by atoms with Gasteiger partial charge in [-0.05, 0) is 97.6 Å². The Balaban J connectivity index is 1.32. The summed E-state index contributed by atoms with van der Waals surface area (Å²) in [4.78, 5) is 0. The maximum absolute atomic E-state index is 6.71. The highest BCUT2D eigenvalue weighted by atomic mass is 35.5. The fraction of sp³-hybridized carbons (Fsp3) is 0.571. The van der Waals surface area contributed by atoms with Gasteiger partial charge >= 0.3 is 0 Å². The van der Waals surface area contributed by atoms with Gasteiger partial charge in [-0.15, -0.1) is 0 Å². The van der Waals surface area contributed by atoms with E-state index >= 15 is 0 Å². The number of rotatable bonds is 8. The first-order chi connectivity index (χ1) is 16.1. The highest BCUT2D eigenvalue weighted by molar-refractivity contribution is 6.42. The summed E-state index contributed by atoms with van der Waals surface area (Å²) in [6, 6.07) is 9.55. The van der Waals surface area contributed by atoms with E-state index in [0.29, 0.717) is 50.6 Å². The number of nitrogens with one attached hydrogen (secondary N) is 1. The molecule has 0 spiro atoms. The van der Waals surface area contributed by atoms with Crippen molar-refractivity contribution in [3.05, 3.63) is 56.5 Å². The SMILES string of the molecule is CCOc1cc(CNC23CC4C[C@@](C)(C2)C[C@](C)(C4)C3)cc(Cl)c1OCc1ccc(Cl)c(Cl)c1. The molecule has 4 bridgehead atoms. The van der Waals surface area contributed by atoms with Crippen LogP contribution in [0.3, 0.4) is 0 Å². The van der Waals surface area contributed by atoms with Gasteiger partial charge in [0.2, 0.25) is 0 Å². The maximum Gasteiger partial charge on any atom is 0.180 e. The second kappa shape index (κ2) is 9.07. The second-order valence-corrected chi connectivity index (χ2v) is 12.9. The lowest BCUT2D eigenvalue weighted by Crippen LogP contribution is -2.63. The van der Waals surface area contributed by atoms with Gasteiger partial charge in [-0.25, -0.2) is 0 Å². The second-order valence-electron chi connectivity index (χ2n) is 11.6. The van der Waals surface area contributed by atoms with Crippen LogP contribution in [-0.4, -0.2) is 12.1 Å². The smallest absolute Gasteiger partial charge is 0.180 e. The van der Waals surface area contributed by atoms with Crippen molar-refractivity contribution < 1.29 is 9.47 Å². The van der Waals surface area contributed by atoms with Gasteiger partial charge in [-0.3, -0.25) is 0 Å². The third-order valence-corrected chi connectivity index (χ3v) is 9.05. The Morgan fingerprint density at radius 3 is 2.21 bits per heavy atom. The molecule has 0 saturated heterocycles. The first kappa shape index (κ1) is 24.6. The zero-order valence-electron chi connectivity index (χ0n) is 20.3. The van der Waals surface area contributed by atoms with E-state index in [1.54, 1.807) is 6.07 Å². The number of hydrogen-bond donors (Lipinski definition) is 1. The molecule has 34 heavy (non-hydrogen) atoms. The third kappa shape index (κ3) is 4.91. The highest BCUT2D eigenvalue weighted by Crippen LogP contribution is 2.66. The molecule has 4 saturated carbocycles. The van der Waals surface area contributed by atoms with Gasteiger partial charge in [0.1, 0.15) is 6.61 Å². The zero-order valence-corrected chi connectivity index (χ0v) is 22.5. The molecule has 4 fully saturated rings. The van der Waals surface area contributed by atoms with E-state index < -0.39 is 0 Å². The molecule has 2 aromatic carbocycles. The average Bonchev–Trinajstić information content (AvgIpc) is 2.72. The third-order valence-electron chi connectivity index (χ3n) is 8.03. The van der Waals surface area contributed by atoms with Crippen molar-refractivity contribution in [1.82, 2.24) is 5.32 Å². The van der Waals surface area contributed by atoms with E-state index in [0.717, 1.165) is 23.6 Å². The van der Waals surface area contributed by atoms with Crippen LogP contribution in [0, 0.1) is 16.7 Å². The van der Waals surface area contributed by atoms with Crippen molar-refractivity contribution >= 4 is 34.8 Å². The summed E-state index contributed by atoms with van der Waals surface area (Å²) in [5.41, 5.74) is 3.25. The fourth-order valence-corrected chi connectivity index (χ4v) is 8.45. The Kier molecular flexibility index (Phi) is 6.55. The van der Waals surface area contributed by atoms with Crippen LogP contribution in [0.15, 0.2) is 30.3 Å². The first-order valence-electron chi connectivity index (χ1n) is 12.4. The van der Waals surface area contributed by atoms with Gasteiger partial charge in [-0.1, -0.05) is 54.7 Å². The minimum atomic E-state index is 0.240. The molecule has 2 unspecified atom stereocenters. The summed E-state index contributed by atoms with van der Waals surface area (Å²) in [5.74, 6) is 2.10. The van der Waals surface area contributed by atoms with E-state index in [9.17, 15) is 0 Å². The molecule has 0 aliphatic heterocycles. The number of ether oxygens (including phenoxy) is 2. The Hall–Kier alpha value is -1.13. The monoisotopic (exact) mass is 521 g/mol. The lowest BCUT2D eigenvalue weighted by molar-refractivity contribution is -0.118. The molecular weight excluding hydrogens is 489 g/mol. The minimum Gasteiger partial charge on any atom is -0.490 e. The van der Waals surface area contributed by atoms with E-state index in [-0.39, 0.29) is 5.54 Å². The quantitative estimate of drug-likeness (QED) is 0.377. The standard InChI is InChI=1S/C28H34Cl3NO2/c1-4-33-24-9-19(8-23(31)25(24)34-14-18-5-6-21(29)22(30)7-18)13-32-28-12-20-10-26(2,16-28)15-27(3,11-20)17-28/h5-9,20,32H,4,10-17H2,1-3H3/t20?,26-,27+,28?. The summed E-state index contributed by atoms with van der Waals surface area (Å²) in [6.07, 6.45) is 8.04. The molecule has 4 aliphatic carbocycles. The Bertz CT molecular complexity index is 1070. The van der Waals surface area contributed by atoms with Crippen molar-refractivity contribution in [3.8, 4) is 11.5 Å². The highest BCUT2D eigenvalue weighted by Gasteiger charge is 2.59. The summed E-state index contributed by atoms with van der Waals surface area (Å²) in [6.45, 7) is 8.64. The van der Waals surface area contributed by atoms with Gasteiger partial charge < -0.3 is 14.8 Å². The van der Waals surface area contributed by atoms with Crippen LogP contribution in [0.4, 0.5) is 0 Å². The Labute approximate surface area is 218 Å². The van der Waals surface area contributed by atoms with E-state index in [1.807, 2.05) is 25.1 Å². The molecule has 4 atom stereocenters. The van der Waals surface area contributed by atoms with Crippen LogP contribution in [-0.2, 0) is 13.2 Å². The number of benzene rings is 2. The summed E-state index contributed by atoms with van der Waals surface area (Å²) in [5, 5.41) is 5.59. The first-order valence-corrected chi connectivity index (χ1v) is 13.5. The molecule has 1 N–H and O–H groups in total. The zero-order chi connectivity index (χ0) is 24.1. The predicted octanol–water partition coefficient (Wildman–Crippen LogP) is 8.46. The molecule has 184 valence electrons. The molecular formula is C28H34Cl3NO2. The van der Waals surface area contributed by atoms with Crippen LogP contribution in [0.1, 0.15) is 70.4 Å². The van der Waals surface area contributed by atoms with Crippen molar-refractivity contribution in [2.75, 3.05) is 6.61 Å². The van der Waals surface area contributed by atoms with Crippen LogP contribution in [0.2, 0.25) is 15.1 Å². The molecule has 4 aliphatic rings. The lowest BCUT2D eigenvalue weighted by atomic mass is 9.43. The maximum atomic E-state index is 6.71. The van der Waals surface area contributed by atoms with E-state index in [4.69, 9.17) is 44.3 Å². The van der Waals surface area contributed by atoms with Gasteiger partial charge in [0.15, 0.2) is 11.5 Å². The van der Waals surface area contributed by atoms with Gasteiger partial charge in [0.05, 0.1) is 21.7 Å². The summed E-state index contributed by atoms with van der Waals surface area (Å²) < 4.78 is 12.0. The molecule has 0 aromatic heterocycles. The van der Waals surface area contributed by atoms with Crippen LogP contribution < -0.4 is 14.8 Å². The number of halogens is 3. The normalized spacial score (nSPS) is 31.6. The molecule has 3 nitrogen and oxygen atoms in total.